The van der Waals surface area contributed by atoms with Crippen LogP contribution in [0.15, 0.2) is 23.4 Å². The Morgan fingerprint density at radius 1 is 1.23 bits per heavy atom. The lowest BCUT2D eigenvalue weighted by molar-refractivity contribution is -0.139. The van der Waals surface area contributed by atoms with Gasteiger partial charge in [0.15, 0.2) is 11.5 Å². The van der Waals surface area contributed by atoms with E-state index in [0.717, 1.165) is 0 Å². The average Bonchev–Trinajstić information content (AvgIpc) is 2.61. The molecule has 1 atom stereocenters. The van der Waals surface area contributed by atoms with Gasteiger partial charge in [-0.05, 0) is 30.5 Å². The largest absolute Gasteiger partial charge is 0.502 e. The second-order valence-electron chi connectivity index (χ2n) is 6.01. The maximum atomic E-state index is 12.6. The van der Waals surface area contributed by atoms with Gasteiger partial charge in [-0.3, -0.25) is 0 Å². The molecule has 0 aliphatic carbocycles. The minimum Gasteiger partial charge on any atom is -0.502 e. The van der Waals surface area contributed by atoms with Crippen LogP contribution in [0.3, 0.4) is 0 Å². The summed E-state index contributed by atoms with van der Waals surface area (Å²) in [5.41, 5.74) is 1.31. The molecule has 0 saturated carbocycles. The van der Waals surface area contributed by atoms with Crippen LogP contribution >= 0.6 is 0 Å². The molecule has 0 bridgehead atoms. The fourth-order valence-electron chi connectivity index (χ4n) is 2.81. The first-order chi connectivity index (χ1) is 12.3. The molecule has 26 heavy (non-hydrogen) atoms. The van der Waals surface area contributed by atoms with Gasteiger partial charge in [0.2, 0.25) is 5.75 Å². The minimum absolute atomic E-state index is 0.108. The van der Waals surface area contributed by atoms with E-state index < -0.39 is 18.0 Å². The summed E-state index contributed by atoms with van der Waals surface area (Å²) in [6.07, 6.45) is 0. The lowest BCUT2D eigenvalue weighted by Crippen LogP contribution is -2.47. The third-order valence-electron chi connectivity index (χ3n) is 4.01. The van der Waals surface area contributed by atoms with E-state index in [1.807, 2.05) is 13.8 Å². The summed E-state index contributed by atoms with van der Waals surface area (Å²) in [7, 11) is 2.81. The third kappa shape index (κ3) is 3.68. The Balaban J connectivity index is 2.66. The summed E-state index contributed by atoms with van der Waals surface area (Å²) in [6, 6.07) is 1.89. The van der Waals surface area contributed by atoms with Crippen LogP contribution < -0.4 is 20.1 Å². The number of carbonyl (C=O) groups excluding carboxylic acids is 2. The van der Waals surface area contributed by atoms with Crippen LogP contribution in [-0.4, -0.2) is 37.9 Å². The molecule has 0 saturated heterocycles. The fourth-order valence-corrected chi connectivity index (χ4v) is 2.81. The van der Waals surface area contributed by atoms with Crippen molar-refractivity contribution < 1.29 is 28.9 Å². The van der Waals surface area contributed by atoms with E-state index in [1.54, 1.807) is 19.1 Å². The number of carbonyl (C=O) groups is 2. The zero-order valence-electron chi connectivity index (χ0n) is 15.5. The molecule has 1 aromatic carbocycles. The first-order valence-electron chi connectivity index (χ1n) is 8.27. The number of aromatic hydroxyl groups is 1. The Morgan fingerprint density at radius 3 is 2.27 bits per heavy atom. The van der Waals surface area contributed by atoms with Crippen molar-refractivity contribution in [2.24, 2.45) is 5.92 Å². The third-order valence-corrected chi connectivity index (χ3v) is 4.01. The molecule has 1 aliphatic rings. The van der Waals surface area contributed by atoms with E-state index in [9.17, 15) is 14.7 Å². The molecule has 0 spiro atoms. The van der Waals surface area contributed by atoms with Crippen molar-refractivity contribution in [3.05, 3.63) is 29.0 Å². The van der Waals surface area contributed by atoms with Gasteiger partial charge >= 0.3 is 12.0 Å². The van der Waals surface area contributed by atoms with Crippen molar-refractivity contribution in [3.63, 3.8) is 0 Å². The summed E-state index contributed by atoms with van der Waals surface area (Å²) in [5.74, 6) is -0.462. The molecule has 8 heteroatoms. The summed E-state index contributed by atoms with van der Waals surface area (Å²) in [5, 5.41) is 15.5. The van der Waals surface area contributed by atoms with Gasteiger partial charge in [-0.15, -0.1) is 0 Å². The number of rotatable bonds is 6. The summed E-state index contributed by atoms with van der Waals surface area (Å²) < 4.78 is 15.5. The van der Waals surface area contributed by atoms with Crippen molar-refractivity contribution in [1.82, 2.24) is 10.6 Å². The molecule has 0 aromatic heterocycles. The first kappa shape index (κ1) is 19.4. The molecule has 142 valence electrons. The van der Waals surface area contributed by atoms with E-state index in [0.29, 0.717) is 16.8 Å². The maximum Gasteiger partial charge on any atom is 0.338 e. The Bertz CT molecular complexity index is 716. The van der Waals surface area contributed by atoms with Crippen molar-refractivity contribution in [1.29, 1.82) is 0 Å². The van der Waals surface area contributed by atoms with Crippen molar-refractivity contribution in [2.75, 3.05) is 20.8 Å². The molecule has 1 unspecified atom stereocenters. The van der Waals surface area contributed by atoms with Crippen LogP contribution in [0.5, 0.6) is 17.2 Å². The number of benzene rings is 1. The molecule has 2 amide bonds. The molecular weight excluding hydrogens is 340 g/mol. The van der Waals surface area contributed by atoms with Gasteiger partial charge in [0.25, 0.3) is 0 Å². The Hall–Kier alpha value is -2.90. The summed E-state index contributed by atoms with van der Waals surface area (Å²) in [6.45, 7) is 5.66. The summed E-state index contributed by atoms with van der Waals surface area (Å²) >= 11 is 0. The highest BCUT2D eigenvalue weighted by molar-refractivity contribution is 5.95. The standard InChI is InChI=1S/C18H24N2O6/c1-6-26-17(22)13-14(9(2)3)19-18(23)20-15(13)10-7-11(24-4)16(21)12(8-10)25-5/h7-9,15,21H,6H2,1-5H3,(H2,19,20,23). The Kier molecular flexibility index (Phi) is 5.97. The Morgan fingerprint density at radius 2 is 1.81 bits per heavy atom. The summed E-state index contributed by atoms with van der Waals surface area (Å²) in [4.78, 5) is 24.7. The van der Waals surface area contributed by atoms with Crippen LogP contribution in [-0.2, 0) is 9.53 Å². The number of hydrogen-bond donors (Lipinski definition) is 3. The minimum atomic E-state index is -0.774. The molecule has 1 heterocycles. The van der Waals surface area contributed by atoms with Gasteiger partial charge in [0.05, 0.1) is 32.4 Å². The van der Waals surface area contributed by atoms with Gasteiger partial charge in [0, 0.05) is 5.70 Å². The van der Waals surface area contributed by atoms with Gasteiger partial charge in [-0.1, -0.05) is 13.8 Å². The first-order valence-corrected chi connectivity index (χ1v) is 8.27. The van der Waals surface area contributed by atoms with E-state index in [-0.39, 0.29) is 29.8 Å². The van der Waals surface area contributed by atoms with Crippen molar-refractivity contribution >= 4 is 12.0 Å². The number of phenols is 1. The zero-order valence-corrected chi connectivity index (χ0v) is 15.5. The van der Waals surface area contributed by atoms with E-state index >= 15 is 0 Å². The monoisotopic (exact) mass is 364 g/mol. The van der Waals surface area contributed by atoms with Crippen LogP contribution in [0, 0.1) is 5.92 Å². The lowest BCUT2D eigenvalue weighted by atomic mass is 9.91. The predicted molar refractivity (Wildman–Crippen MR) is 94.1 cm³/mol. The van der Waals surface area contributed by atoms with E-state index in [1.165, 1.54) is 14.2 Å². The average molecular weight is 364 g/mol. The molecule has 0 radical (unpaired) electrons. The molecule has 2 rings (SSSR count). The number of ether oxygens (including phenoxy) is 3. The fraction of sp³-hybridized carbons (Fsp3) is 0.444. The zero-order chi connectivity index (χ0) is 19.4. The van der Waals surface area contributed by atoms with Gasteiger partial charge in [-0.2, -0.15) is 0 Å². The van der Waals surface area contributed by atoms with Gasteiger partial charge in [-0.25, -0.2) is 9.59 Å². The Labute approximate surface area is 152 Å². The van der Waals surface area contributed by atoms with Crippen LogP contribution in [0.2, 0.25) is 0 Å². The smallest absolute Gasteiger partial charge is 0.338 e. The number of nitrogens with one attached hydrogen (secondary N) is 2. The topological polar surface area (TPSA) is 106 Å². The molecule has 3 N–H and O–H groups in total. The molecule has 1 aromatic rings. The molecule has 8 nitrogen and oxygen atoms in total. The number of amides is 2. The lowest BCUT2D eigenvalue weighted by Gasteiger charge is -2.31. The van der Waals surface area contributed by atoms with E-state index in [2.05, 4.69) is 10.6 Å². The van der Waals surface area contributed by atoms with Crippen LogP contribution in [0.1, 0.15) is 32.4 Å². The highest BCUT2D eigenvalue weighted by Gasteiger charge is 2.35. The number of methoxy groups -OCH3 is 2. The van der Waals surface area contributed by atoms with Crippen molar-refractivity contribution in [3.8, 4) is 17.2 Å². The van der Waals surface area contributed by atoms with Crippen LogP contribution in [0.25, 0.3) is 0 Å². The van der Waals surface area contributed by atoms with Gasteiger partial charge < -0.3 is 30.0 Å². The van der Waals surface area contributed by atoms with Crippen LogP contribution in [0.4, 0.5) is 4.79 Å². The normalized spacial score (nSPS) is 16.8. The molecule has 0 fully saturated rings. The number of hydrogen-bond acceptors (Lipinski definition) is 6. The number of urea groups is 1. The van der Waals surface area contributed by atoms with E-state index in [4.69, 9.17) is 14.2 Å². The predicted octanol–water partition coefficient (Wildman–Crippen LogP) is 2.24. The quantitative estimate of drug-likeness (QED) is 0.669. The second-order valence-corrected chi connectivity index (χ2v) is 6.01. The van der Waals surface area contributed by atoms with Crippen molar-refractivity contribution in [2.45, 2.75) is 26.8 Å². The number of allylic oxidation sites excluding steroid dienone is 1. The number of phenolic OH excluding ortho intramolecular Hbond substituents is 1. The SMILES string of the molecule is CCOC(=O)C1=C(C(C)C)NC(=O)NC1c1cc(OC)c(O)c(OC)c1. The number of esters is 1. The maximum absolute atomic E-state index is 12.6. The highest BCUT2D eigenvalue weighted by atomic mass is 16.5. The molecular formula is C18H24N2O6. The van der Waals surface area contributed by atoms with Gasteiger partial charge in [0.1, 0.15) is 0 Å². The second kappa shape index (κ2) is 7.99. The highest BCUT2D eigenvalue weighted by Crippen LogP contribution is 2.41. The molecule has 1 aliphatic heterocycles.